The van der Waals surface area contributed by atoms with Gasteiger partial charge in [0.05, 0.1) is 0 Å². The Bertz CT molecular complexity index is 204. The van der Waals surface area contributed by atoms with Gasteiger partial charge in [0.25, 0.3) is 0 Å². The van der Waals surface area contributed by atoms with E-state index in [1.165, 1.54) is 0 Å². The summed E-state index contributed by atoms with van der Waals surface area (Å²) in [4.78, 5) is 1.98. The van der Waals surface area contributed by atoms with Crippen LogP contribution >= 0.6 is 0 Å². The molecule has 0 aliphatic carbocycles. The van der Waals surface area contributed by atoms with Crippen LogP contribution in [0.15, 0.2) is 37.2 Å². The summed E-state index contributed by atoms with van der Waals surface area (Å²) < 4.78 is 0. The van der Waals surface area contributed by atoms with E-state index in [4.69, 9.17) is 5.73 Å². The number of nitrogens with zero attached hydrogens (tertiary/aromatic N) is 1. The molecule has 0 spiro atoms. The molecule has 0 heterocycles. The van der Waals surface area contributed by atoms with Crippen LogP contribution in [0.2, 0.25) is 0 Å². The second-order valence-corrected chi connectivity index (χ2v) is 3.77. The van der Waals surface area contributed by atoms with E-state index in [9.17, 15) is 0 Å². The van der Waals surface area contributed by atoms with Crippen LogP contribution in [0.5, 0.6) is 0 Å². The normalized spacial score (nSPS) is 14.1. The number of nitrogens with two attached hydrogens (primary N) is 1. The molecule has 0 saturated carbocycles. The molecule has 0 aromatic heterocycles. The molecule has 0 aliphatic rings. The zero-order valence-electron chi connectivity index (χ0n) is 9.48. The minimum absolute atomic E-state index is 0.253. The topological polar surface area (TPSA) is 29.3 Å². The van der Waals surface area contributed by atoms with Crippen LogP contribution in [0.1, 0.15) is 20.3 Å². The molecule has 0 radical (unpaired) electrons. The Morgan fingerprint density at radius 1 is 1.36 bits per heavy atom. The van der Waals surface area contributed by atoms with E-state index in [1.807, 2.05) is 30.4 Å². The van der Waals surface area contributed by atoms with Crippen molar-refractivity contribution >= 4 is 0 Å². The summed E-state index contributed by atoms with van der Waals surface area (Å²) in [6.07, 6.45) is 10.6. The lowest BCUT2D eigenvalue weighted by Crippen LogP contribution is -2.25. The van der Waals surface area contributed by atoms with Crippen molar-refractivity contribution in [1.29, 1.82) is 0 Å². The van der Waals surface area contributed by atoms with Gasteiger partial charge in [-0.2, -0.15) is 0 Å². The molecule has 0 aromatic rings. The number of hydrogen-bond acceptors (Lipinski definition) is 2. The molecule has 0 amide bonds. The van der Waals surface area contributed by atoms with E-state index < -0.39 is 0 Å². The minimum atomic E-state index is 0.253. The van der Waals surface area contributed by atoms with Crippen LogP contribution in [0.4, 0.5) is 0 Å². The molecule has 0 rings (SSSR count). The van der Waals surface area contributed by atoms with E-state index in [0.29, 0.717) is 5.92 Å². The standard InChI is InChI=1S/C12H22N2/c1-5-6-9-14(4)10-7-8-12(13)11(2)3/h5-7,9-12H,1,8,13H2,2-4H3/b9-6-,10-7+. The summed E-state index contributed by atoms with van der Waals surface area (Å²) >= 11 is 0. The number of hydrogen-bond donors (Lipinski definition) is 1. The molecule has 0 fully saturated rings. The van der Waals surface area contributed by atoms with Gasteiger partial charge in [0, 0.05) is 19.3 Å². The monoisotopic (exact) mass is 194 g/mol. The summed E-state index contributed by atoms with van der Waals surface area (Å²) in [5, 5.41) is 0. The summed E-state index contributed by atoms with van der Waals surface area (Å²) in [6, 6.07) is 0.253. The Morgan fingerprint density at radius 3 is 2.50 bits per heavy atom. The van der Waals surface area contributed by atoms with Gasteiger partial charge in [-0.1, -0.05) is 32.6 Å². The van der Waals surface area contributed by atoms with Gasteiger partial charge in [-0.15, -0.1) is 0 Å². The molecule has 1 atom stereocenters. The predicted molar refractivity (Wildman–Crippen MR) is 63.7 cm³/mol. The zero-order valence-corrected chi connectivity index (χ0v) is 9.48. The van der Waals surface area contributed by atoms with Crippen LogP contribution in [-0.4, -0.2) is 18.0 Å². The van der Waals surface area contributed by atoms with Gasteiger partial charge in [-0.3, -0.25) is 0 Å². The average molecular weight is 194 g/mol. The summed E-state index contributed by atoms with van der Waals surface area (Å²) in [5.41, 5.74) is 5.90. The van der Waals surface area contributed by atoms with Crippen molar-refractivity contribution in [2.45, 2.75) is 26.3 Å². The highest BCUT2D eigenvalue weighted by Gasteiger charge is 2.03. The van der Waals surface area contributed by atoms with Gasteiger partial charge in [0.1, 0.15) is 0 Å². The lowest BCUT2D eigenvalue weighted by Gasteiger charge is -2.13. The maximum atomic E-state index is 5.90. The molecule has 0 saturated heterocycles. The molecule has 2 N–H and O–H groups in total. The Labute approximate surface area is 87.8 Å². The predicted octanol–water partition coefficient (Wildman–Crippen LogP) is 2.51. The van der Waals surface area contributed by atoms with Crippen LogP contribution in [-0.2, 0) is 0 Å². The van der Waals surface area contributed by atoms with Crippen molar-refractivity contribution < 1.29 is 0 Å². The lowest BCUT2D eigenvalue weighted by molar-refractivity contribution is 0.494. The highest BCUT2D eigenvalue weighted by Crippen LogP contribution is 2.03. The number of rotatable bonds is 6. The van der Waals surface area contributed by atoms with Crippen LogP contribution in [0, 0.1) is 5.92 Å². The van der Waals surface area contributed by atoms with E-state index >= 15 is 0 Å². The van der Waals surface area contributed by atoms with Crippen molar-refractivity contribution in [1.82, 2.24) is 4.90 Å². The molecular formula is C12H22N2. The van der Waals surface area contributed by atoms with Gasteiger partial charge in [-0.25, -0.2) is 0 Å². The van der Waals surface area contributed by atoms with Gasteiger partial charge in [0.15, 0.2) is 0 Å². The lowest BCUT2D eigenvalue weighted by atomic mass is 10.0. The molecule has 14 heavy (non-hydrogen) atoms. The van der Waals surface area contributed by atoms with Gasteiger partial charge < -0.3 is 10.6 Å². The maximum absolute atomic E-state index is 5.90. The Hall–Kier alpha value is -1.02. The highest BCUT2D eigenvalue weighted by molar-refractivity contribution is 4.99. The summed E-state index contributed by atoms with van der Waals surface area (Å²) in [5.74, 6) is 0.536. The first-order valence-electron chi connectivity index (χ1n) is 5.01. The quantitative estimate of drug-likeness (QED) is 0.658. The highest BCUT2D eigenvalue weighted by atomic mass is 15.0. The smallest absolute Gasteiger partial charge is 0.0106 e. The van der Waals surface area contributed by atoms with Crippen LogP contribution in [0.3, 0.4) is 0 Å². The van der Waals surface area contributed by atoms with Crippen molar-refractivity contribution in [3.63, 3.8) is 0 Å². The molecule has 2 heteroatoms. The second kappa shape index (κ2) is 7.39. The molecule has 0 bridgehead atoms. The van der Waals surface area contributed by atoms with Gasteiger partial charge in [0.2, 0.25) is 0 Å². The number of allylic oxidation sites excluding steroid dienone is 2. The second-order valence-electron chi connectivity index (χ2n) is 3.77. The molecule has 0 aliphatic heterocycles. The molecule has 1 unspecified atom stereocenters. The first-order valence-corrected chi connectivity index (χ1v) is 5.01. The van der Waals surface area contributed by atoms with Crippen LogP contribution in [0.25, 0.3) is 0 Å². The van der Waals surface area contributed by atoms with E-state index in [-0.39, 0.29) is 6.04 Å². The fourth-order valence-corrected chi connectivity index (χ4v) is 0.903. The fraction of sp³-hybridized carbons (Fsp3) is 0.500. The van der Waals surface area contributed by atoms with Crippen molar-refractivity contribution in [3.8, 4) is 0 Å². The molecular weight excluding hydrogens is 172 g/mol. The molecule has 0 aromatic carbocycles. The first-order chi connectivity index (χ1) is 6.57. The molecule has 2 nitrogen and oxygen atoms in total. The largest absolute Gasteiger partial charge is 0.358 e. The summed E-state index contributed by atoms with van der Waals surface area (Å²) in [6.45, 7) is 7.88. The fourth-order valence-electron chi connectivity index (χ4n) is 0.903. The van der Waals surface area contributed by atoms with Gasteiger partial charge >= 0.3 is 0 Å². The summed E-state index contributed by atoms with van der Waals surface area (Å²) in [7, 11) is 1.98. The van der Waals surface area contributed by atoms with Crippen molar-refractivity contribution in [2.75, 3.05) is 7.05 Å². The van der Waals surface area contributed by atoms with E-state index in [0.717, 1.165) is 6.42 Å². The van der Waals surface area contributed by atoms with E-state index in [1.54, 1.807) is 6.08 Å². The maximum Gasteiger partial charge on any atom is 0.0106 e. The Morgan fingerprint density at radius 2 is 2.00 bits per heavy atom. The minimum Gasteiger partial charge on any atom is -0.358 e. The third-order valence-electron chi connectivity index (χ3n) is 2.06. The Kier molecular flexibility index (Phi) is 6.85. The van der Waals surface area contributed by atoms with Crippen LogP contribution < -0.4 is 5.73 Å². The first kappa shape index (κ1) is 13.0. The Balaban J connectivity index is 3.82. The SMILES string of the molecule is C=C/C=C\N(C)/C=C/CC(N)C(C)C. The van der Waals surface area contributed by atoms with Crippen molar-refractivity contribution in [3.05, 3.63) is 37.2 Å². The van der Waals surface area contributed by atoms with E-state index in [2.05, 4.69) is 26.5 Å². The average Bonchev–Trinajstić information content (AvgIpc) is 2.14. The van der Waals surface area contributed by atoms with Crippen molar-refractivity contribution in [2.24, 2.45) is 11.7 Å². The molecule has 80 valence electrons. The zero-order chi connectivity index (χ0) is 11.0. The third-order valence-corrected chi connectivity index (χ3v) is 2.06. The third kappa shape index (κ3) is 6.49. The van der Waals surface area contributed by atoms with Gasteiger partial charge in [-0.05, 0) is 24.6 Å².